The number of likely N-dealkylation sites (N-methyl/N-ethyl adjacent to an activating group) is 1. The minimum absolute atomic E-state index is 0.0413. The minimum atomic E-state index is -0.389. The Hall–Kier alpha value is -2.44. The summed E-state index contributed by atoms with van der Waals surface area (Å²) in [4.78, 5) is 23.3. The van der Waals surface area contributed by atoms with Gasteiger partial charge in [0.25, 0.3) is 0 Å². The van der Waals surface area contributed by atoms with Gasteiger partial charge < -0.3 is 14.5 Å². The average Bonchev–Trinajstić information content (AvgIpc) is 2.72. The van der Waals surface area contributed by atoms with Gasteiger partial charge in [0.05, 0.1) is 11.6 Å². The number of amides is 1. The molecule has 4 rings (SSSR count). The maximum absolute atomic E-state index is 12.5. The molecule has 2 fully saturated rings. The molecule has 3 heterocycles. The zero-order chi connectivity index (χ0) is 19.7. The molecule has 0 aliphatic carbocycles. The second-order valence-corrected chi connectivity index (χ2v) is 7.95. The molecule has 2 atom stereocenters. The van der Waals surface area contributed by atoms with Crippen molar-refractivity contribution in [3.63, 3.8) is 0 Å². The van der Waals surface area contributed by atoms with E-state index in [0.717, 1.165) is 37.4 Å². The second kappa shape index (κ2) is 7.53. The molecule has 1 aromatic heterocycles. The highest BCUT2D eigenvalue weighted by atomic mass is 16.5. The maximum atomic E-state index is 12.5. The number of likely N-dealkylation sites (tertiary alicyclic amines) is 1. The SMILES string of the molecule is CN(C)c1ccc(CN2CC[C@]3(c4ccccc4)[C@@H](C2)OCC(=O)N3C)cn1. The van der Waals surface area contributed by atoms with Crippen molar-refractivity contribution in [2.24, 2.45) is 0 Å². The van der Waals surface area contributed by atoms with E-state index in [1.54, 1.807) is 0 Å². The summed E-state index contributed by atoms with van der Waals surface area (Å²) in [5, 5.41) is 0. The number of carbonyl (C=O) groups is 1. The van der Waals surface area contributed by atoms with Crippen LogP contribution in [0.15, 0.2) is 48.7 Å². The van der Waals surface area contributed by atoms with Crippen LogP contribution in [0.3, 0.4) is 0 Å². The molecule has 6 heteroatoms. The van der Waals surface area contributed by atoms with Crippen molar-refractivity contribution in [2.75, 3.05) is 45.7 Å². The molecule has 0 unspecified atom stereocenters. The number of hydrogen-bond acceptors (Lipinski definition) is 5. The highest BCUT2D eigenvalue weighted by molar-refractivity contribution is 5.79. The lowest BCUT2D eigenvalue weighted by atomic mass is 9.76. The fourth-order valence-corrected chi connectivity index (χ4v) is 4.46. The summed E-state index contributed by atoms with van der Waals surface area (Å²) in [6, 6.07) is 14.5. The number of benzene rings is 1. The third kappa shape index (κ3) is 3.27. The summed E-state index contributed by atoms with van der Waals surface area (Å²) >= 11 is 0. The molecule has 148 valence electrons. The van der Waals surface area contributed by atoms with E-state index in [-0.39, 0.29) is 24.2 Å². The average molecular weight is 380 g/mol. The van der Waals surface area contributed by atoms with Gasteiger partial charge >= 0.3 is 0 Å². The first-order valence-corrected chi connectivity index (χ1v) is 9.79. The van der Waals surface area contributed by atoms with E-state index in [1.165, 1.54) is 5.56 Å². The Morgan fingerprint density at radius 1 is 1.21 bits per heavy atom. The van der Waals surface area contributed by atoms with Crippen LogP contribution in [0.4, 0.5) is 5.82 Å². The van der Waals surface area contributed by atoms with Crippen molar-refractivity contribution < 1.29 is 9.53 Å². The van der Waals surface area contributed by atoms with Gasteiger partial charge in [-0.3, -0.25) is 9.69 Å². The number of fused-ring (bicyclic) bond motifs is 1. The van der Waals surface area contributed by atoms with Crippen LogP contribution in [0.5, 0.6) is 0 Å². The van der Waals surface area contributed by atoms with Gasteiger partial charge in [0, 0.05) is 47.0 Å². The van der Waals surface area contributed by atoms with Crippen LogP contribution >= 0.6 is 0 Å². The van der Waals surface area contributed by atoms with E-state index in [4.69, 9.17) is 4.74 Å². The monoisotopic (exact) mass is 380 g/mol. The lowest BCUT2D eigenvalue weighted by Gasteiger charge is -2.54. The fourth-order valence-electron chi connectivity index (χ4n) is 4.46. The lowest BCUT2D eigenvalue weighted by molar-refractivity contribution is -0.183. The Balaban J connectivity index is 1.54. The Labute approximate surface area is 166 Å². The second-order valence-electron chi connectivity index (χ2n) is 7.95. The van der Waals surface area contributed by atoms with Crippen molar-refractivity contribution >= 4 is 11.7 Å². The topological polar surface area (TPSA) is 48.9 Å². The molecule has 1 amide bonds. The van der Waals surface area contributed by atoms with Gasteiger partial charge in [-0.2, -0.15) is 0 Å². The number of nitrogens with zero attached hydrogens (tertiary/aromatic N) is 4. The first kappa shape index (κ1) is 18.9. The number of carbonyl (C=O) groups excluding carboxylic acids is 1. The largest absolute Gasteiger partial charge is 0.364 e. The predicted molar refractivity (Wildman–Crippen MR) is 109 cm³/mol. The molecule has 6 nitrogen and oxygen atoms in total. The normalized spacial score (nSPS) is 25.5. The smallest absolute Gasteiger partial charge is 0.249 e. The molecule has 0 N–H and O–H groups in total. The number of pyridine rings is 1. The quantitative estimate of drug-likeness (QED) is 0.813. The van der Waals surface area contributed by atoms with Crippen LogP contribution in [0.25, 0.3) is 0 Å². The summed E-state index contributed by atoms with van der Waals surface area (Å²) in [5.74, 6) is 1.01. The molecule has 0 bridgehead atoms. The van der Waals surface area contributed by atoms with Crippen molar-refractivity contribution in [1.82, 2.24) is 14.8 Å². The fraction of sp³-hybridized carbons (Fsp3) is 0.455. The number of rotatable bonds is 4. The summed E-state index contributed by atoms with van der Waals surface area (Å²) in [6.45, 7) is 2.69. The van der Waals surface area contributed by atoms with E-state index < -0.39 is 0 Å². The summed E-state index contributed by atoms with van der Waals surface area (Å²) in [6.07, 6.45) is 2.76. The van der Waals surface area contributed by atoms with Gasteiger partial charge in [0.2, 0.25) is 5.91 Å². The van der Waals surface area contributed by atoms with E-state index in [2.05, 4.69) is 34.1 Å². The van der Waals surface area contributed by atoms with Gasteiger partial charge in [0.1, 0.15) is 12.4 Å². The number of anilines is 1. The Kier molecular flexibility index (Phi) is 5.08. The Morgan fingerprint density at radius 2 is 2.00 bits per heavy atom. The van der Waals surface area contributed by atoms with Crippen LogP contribution in [-0.2, 0) is 21.6 Å². The zero-order valence-electron chi connectivity index (χ0n) is 16.8. The maximum Gasteiger partial charge on any atom is 0.249 e. The van der Waals surface area contributed by atoms with Crippen LogP contribution in [0, 0.1) is 0 Å². The van der Waals surface area contributed by atoms with Crippen molar-refractivity contribution in [3.05, 3.63) is 59.8 Å². The minimum Gasteiger partial charge on any atom is -0.364 e. The number of hydrogen-bond donors (Lipinski definition) is 0. The zero-order valence-corrected chi connectivity index (χ0v) is 16.8. The van der Waals surface area contributed by atoms with Crippen molar-refractivity contribution in [1.29, 1.82) is 0 Å². The molecule has 1 aromatic carbocycles. The predicted octanol–water partition coefficient (Wildman–Crippen LogP) is 2.11. The van der Waals surface area contributed by atoms with E-state index in [9.17, 15) is 4.79 Å². The van der Waals surface area contributed by atoms with E-state index >= 15 is 0 Å². The molecule has 2 saturated heterocycles. The van der Waals surface area contributed by atoms with Gasteiger partial charge in [-0.05, 0) is 23.6 Å². The molecule has 2 aromatic rings. The molecule has 2 aliphatic rings. The number of morpholine rings is 1. The van der Waals surface area contributed by atoms with Crippen LogP contribution in [0.1, 0.15) is 17.5 Å². The summed E-state index contributed by atoms with van der Waals surface area (Å²) < 4.78 is 6.09. The van der Waals surface area contributed by atoms with E-state index in [0.29, 0.717) is 0 Å². The van der Waals surface area contributed by atoms with Crippen LogP contribution < -0.4 is 4.90 Å². The van der Waals surface area contributed by atoms with Gasteiger partial charge in [-0.25, -0.2) is 4.98 Å². The standard InChI is InChI=1S/C22H28N4O2/c1-24(2)20-10-9-17(13-23-20)14-26-12-11-22(18-7-5-4-6-8-18)19(15-26)28-16-21(27)25(22)3/h4-10,13,19H,11-12,14-16H2,1-3H3/t19-,22+/m1/s1. The Morgan fingerprint density at radius 3 is 2.68 bits per heavy atom. The van der Waals surface area contributed by atoms with E-state index in [1.807, 2.05) is 55.3 Å². The van der Waals surface area contributed by atoms with Gasteiger partial charge in [-0.1, -0.05) is 36.4 Å². The van der Waals surface area contributed by atoms with Crippen molar-refractivity contribution in [2.45, 2.75) is 24.6 Å². The highest BCUT2D eigenvalue weighted by Crippen LogP contribution is 2.42. The third-order valence-electron chi connectivity index (χ3n) is 6.09. The molecule has 0 spiro atoms. The first-order chi connectivity index (χ1) is 13.5. The number of piperidine rings is 1. The van der Waals surface area contributed by atoms with Crippen LogP contribution in [-0.4, -0.2) is 67.6 Å². The lowest BCUT2D eigenvalue weighted by Crippen LogP contribution is -2.66. The molecule has 0 saturated carbocycles. The molecular weight excluding hydrogens is 352 g/mol. The molecule has 28 heavy (non-hydrogen) atoms. The van der Waals surface area contributed by atoms with Gasteiger partial charge in [-0.15, -0.1) is 0 Å². The highest BCUT2D eigenvalue weighted by Gasteiger charge is 2.52. The first-order valence-electron chi connectivity index (χ1n) is 9.79. The number of ether oxygens (including phenoxy) is 1. The number of aromatic nitrogens is 1. The van der Waals surface area contributed by atoms with Crippen LogP contribution in [0.2, 0.25) is 0 Å². The molecular formula is C22H28N4O2. The van der Waals surface area contributed by atoms with Crippen molar-refractivity contribution in [3.8, 4) is 0 Å². The van der Waals surface area contributed by atoms with Gasteiger partial charge in [0.15, 0.2) is 0 Å². The molecule has 0 radical (unpaired) electrons. The molecule has 2 aliphatic heterocycles. The Bertz CT molecular complexity index is 824. The third-order valence-corrected chi connectivity index (χ3v) is 6.09. The summed E-state index contributed by atoms with van der Waals surface area (Å²) in [7, 11) is 5.91. The summed E-state index contributed by atoms with van der Waals surface area (Å²) in [5.41, 5.74) is 1.96.